The molecule has 1 aromatic heterocycles. The van der Waals surface area contributed by atoms with E-state index in [9.17, 15) is 9.59 Å². The molecular weight excluding hydrogens is 234 g/mol. The van der Waals surface area contributed by atoms with Crippen LogP contribution in [0.3, 0.4) is 0 Å². The van der Waals surface area contributed by atoms with Gasteiger partial charge in [-0.3, -0.25) is 14.3 Å². The third-order valence-corrected chi connectivity index (χ3v) is 3.43. The molecule has 0 saturated carbocycles. The van der Waals surface area contributed by atoms with Gasteiger partial charge in [-0.15, -0.1) is 0 Å². The summed E-state index contributed by atoms with van der Waals surface area (Å²) in [7, 11) is 0. The molecule has 2 heterocycles. The fourth-order valence-corrected chi connectivity index (χ4v) is 2.26. The zero-order valence-electron chi connectivity index (χ0n) is 10.6. The smallest absolute Gasteiger partial charge is 0.308 e. The molecule has 1 aliphatic heterocycles. The molecule has 0 unspecified atom stereocenters. The van der Waals surface area contributed by atoms with E-state index in [2.05, 4.69) is 5.10 Å². The van der Waals surface area contributed by atoms with Gasteiger partial charge < -0.3 is 10.0 Å². The average Bonchev–Trinajstić information content (AvgIpc) is 2.85. The van der Waals surface area contributed by atoms with Crippen LogP contribution < -0.4 is 0 Å². The van der Waals surface area contributed by atoms with Crippen LogP contribution in [0.5, 0.6) is 0 Å². The summed E-state index contributed by atoms with van der Waals surface area (Å²) in [6.45, 7) is 5.50. The molecule has 18 heavy (non-hydrogen) atoms. The minimum absolute atomic E-state index is 0.0916. The molecule has 1 N–H and O–H groups in total. The van der Waals surface area contributed by atoms with Gasteiger partial charge in [-0.25, -0.2) is 0 Å². The zero-order valence-corrected chi connectivity index (χ0v) is 10.6. The predicted molar refractivity (Wildman–Crippen MR) is 63.8 cm³/mol. The number of carboxylic acids is 1. The first kappa shape index (κ1) is 12.6. The van der Waals surface area contributed by atoms with Gasteiger partial charge in [-0.05, 0) is 13.8 Å². The second kappa shape index (κ2) is 4.80. The van der Waals surface area contributed by atoms with Gasteiger partial charge in [0.25, 0.3) is 0 Å². The zero-order chi connectivity index (χ0) is 13.3. The summed E-state index contributed by atoms with van der Waals surface area (Å²) in [4.78, 5) is 24.2. The topological polar surface area (TPSA) is 75.4 Å². The van der Waals surface area contributed by atoms with Crippen molar-refractivity contribution in [1.82, 2.24) is 14.7 Å². The van der Waals surface area contributed by atoms with Crippen LogP contribution in [-0.2, 0) is 22.7 Å². The molecule has 98 valence electrons. The quantitative estimate of drug-likeness (QED) is 0.852. The van der Waals surface area contributed by atoms with Crippen molar-refractivity contribution in [1.29, 1.82) is 0 Å². The molecule has 1 saturated heterocycles. The maximum Gasteiger partial charge on any atom is 0.308 e. The molecule has 0 aromatic carbocycles. The van der Waals surface area contributed by atoms with Gasteiger partial charge in [0.2, 0.25) is 5.91 Å². The summed E-state index contributed by atoms with van der Waals surface area (Å²) >= 11 is 0. The Morgan fingerprint density at radius 2 is 2.33 bits per heavy atom. The second-order valence-electron chi connectivity index (χ2n) is 4.58. The van der Waals surface area contributed by atoms with Crippen LogP contribution in [-0.4, -0.2) is 38.2 Å². The number of aryl methyl sites for hydroxylation is 1. The minimum Gasteiger partial charge on any atom is -0.481 e. The number of carboxylic acid groups (broad SMARTS) is 1. The minimum atomic E-state index is -0.896. The van der Waals surface area contributed by atoms with E-state index < -0.39 is 11.9 Å². The van der Waals surface area contributed by atoms with Crippen molar-refractivity contribution in [2.24, 2.45) is 5.92 Å². The molecule has 6 heteroatoms. The number of hydrogen-bond donors (Lipinski definition) is 1. The summed E-state index contributed by atoms with van der Waals surface area (Å²) in [5.41, 5.74) is 2.01. The highest BCUT2D eigenvalue weighted by Crippen LogP contribution is 2.21. The van der Waals surface area contributed by atoms with Gasteiger partial charge in [-0.1, -0.05) is 0 Å². The Labute approximate surface area is 105 Å². The van der Waals surface area contributed by atoms with Crippen LogP contribution in [0.1, 0.15) is 24.6 Å². The van der Waals surface area contributed by atoms with E-state index in [0.29, 0.717) is 13.1 Å². The van der Waals surface area contributed by atoms with E-state index in [-0.39, 0.29) is 12.3 Å². The molecule has 6 nitrogen and oxygen atoms in total. The Kier molecular flexibility index (Phi) is 3.36. The van der Waals surface area contributed by atoms with Crippen LogP contribution in [0.25, 0.3) is 0 Å². The van der Waals surface area contributed by atoms with Crippen LogP contribution in [0, 0.1) is 12.8 Å². The van der Waals surface area contributed by atoms with Crippen LogP contribution in [0.2, 0.25) is 0 Å². The lowest BCUT2D eigenvalue weighted by atomic mass is 10.1. The van der Waals surface area contributed by atoms with E-state index in [1.165, 1.54) is 0 Å². The van der Waals surface area contributed by atoms with Gasteiger partial charge in [0.1, 0.15) is 0 Å². The van der Waals surface area contributed by atoms with E-state index >= 15 is 0 Å². The predicted octanol–water partition coefficient (Wildman–Crippen LogP) is 0.645. The number of amides is 1. The van der Waals surface area contributed by atoms with Crippen LogP contribution in [0.4, 0.5) is 0 Å². The summed E-state index contributed by atoms with van der Waals surface area (Å²) in [5.74, 6) is -1.56. The van der Waals surface area contributed by atoms with Crippen molar-refractivity contribution < 1.29 is 14.7 Å². The van der Waals surface area contributed by atoms with Crippen molar-refractivity contribution in [3.8, 4) is 0 Å². The Balaban J connectivity index is 2.08. The van der Waals surface area contributed by atoms with E-state index in [0.717, 1.165) is 17.8 Å². The van der Waals surface area contributed by atoms with E-state index in [1.807, 2.05) is 18.5 Å². The molecule has 1 fully saturated rings. The van der Waals surface area contributed by atoms with Crippen molar-refractivity contribution in [2.75, 3.05) is 6.54 Å². The first-order valence-electron chi connectivity index (χ1n) is 6.04. The fraction of sp³-hybridized carbons (Fsp3) is 0.583. The molecule has 1 aliphatic rings. The number of likely N-dealkylation sites (tertiary alicyclic amines) is 1. The summed E-state index contributed by atoms with van der Waals surface area (Å²) in [6.07, 6.45) is 1.86. The summed E-state index contributed by atoms with van der Waals surface area (Å²) in [5, 5.41) is 13.1. The van der Waals surface area contributed by atoms with Gasteiger partial charge in [0, 0.05) is 37.3 Å². The highest BCUT2D eigenvalue weighted by atomic mass is 16.4. The largest absolute Gasteiger partial charge is 0.481 e. The highest BCUT2D eigenvalue weighted by molar-refractivity contribution is 5.86. The van der Waals surface area contributed by atoms with Gasteiger partial charge >= 0.3 is 5.97 Å². The third kappa shape index (κ3) is 2.23. The van der Waals surface area contributed by atoms with Crippen molar-refractivity contribution >= 4 is 11.9 Å². The maximum absolute atomic E-state index is 11.7. The number of nitrogens with zero attached hydrogens (tertiary/aromatic N) is 3. The second-order valence-corrected chi connectivity index (χ2v) is 4.58. The third-order valence-electron chi connectivity index (χ3n) is 3.43. The highest BCUT2D eigenvalue weighted by Gasteiger charge is 2.34. The average molecular weight is 251 g/mol. The number of carbonyl (C=O) groups excluding carboxylic acids is 1. The van der Waals surface area contributed by atoms with Crippen LogP contribution in [0.15, 0.2) is 6.20 Å². The van der Waals surface area contributed by atoms with Gasteiger partial charge in [0.15, 0.2) is 0 Å². The first-order valence-corrected chi connectivity index (χ1v) is 6.04. The maximum atomic E-state index is 11.7. The van der Waals surface area contributed by atoms with Gasteiger partial charge in [-0.2, -0.15) is 5.10 Å². The number of carbonyl (C=O) groups is 2. The Morgan fingerprint density at radius 1 is 1.61 bits per heavy atom. The first-order chi connectivity index (χ1) is 8.52. The molecule has 0 aliphatic carbocycles. The van der Waals surface area contributed by atoms with E-state index in [4.69, 9.17) is 5.11 Å². The molecule has 1 atom stereocenters. The Hall–Kier alpha value is -1.85. The number of aromatic nitrogens is 2. The number of aliphatic carboxylic acids is 1. The van der Waals surface area contributed by atoms with Crippen molar-refractivity contribution in [3.63, 3.8) is 0 Å². The fourth-order valence-electron chi connectivity index (χ4n) is 2.26. The lowest BCUT2D eigenvalue weighted by Gasteiger charge is -2.15. The van der Waals surface area contributed by atoms with Gasteiger partial charge in [0.05, 0.1) is 12.1 Å². The van der Waals surface area contributed by atoms with Crippen molar-refractivity contribution in [2.45, 2.75) is 33.4 Å². The Morgan fingerprint density at radius 3 is 2.83 bits per heavy atom. The molecule has 0 bridgehead atoms. The van der Waals surface area contributed by atoms with Crippen LogP contribution >= 0.6 is 0 Å². The SMILES string of the molecule is CCn1ncc(CN2C[C@H](C(=O)O)CC2=O)c1C. The Bertz CT molecular complexity index is 481. The number of hydrogen-bond acceptors (Lipinski definition) is 3. The normalized spacial score (nSPS) is 19.6. The monoisotopic (exact) mass is 251 g/mol. The van der Waals surface area contributed by atoms with E-state index in [1.54, 1.807) is 11.1 Å². The molecular formula is C12H17N3O3. The number of rotatable bonds is 4. The molecule has 1 amide bonds. The molecule has 0 spiro atoms. The molecule has 0 radical (unpaired) electrons. The molecule has 2 rings (SSSR count). The molecule has 1 aromatic rings. The summed E-state index contributed by atoms with van der Waals surface area (Å²) in [6, 6.07) is 0. The lowest BCUT2D eigenvalue weighted by molar-refractivity contribution is -0.141. The summed E-state index contributed by atoms with van der Waals surface area (Å²) < 4.78 is 1.87. The van der Waals surface area contributed by atoms with Crippen molar-refractivity contribution in [3.05, 3.63) is 17.5 Å². The lowest BCUT2D eigenvalue weighted by Crippen LogP contribution is -2.26. The standard InChI is InChI=1S/C12H17N3O3/c1-3-15-8(2)10(5-13-15)7-14-6-9(12(17)18)4-11(14)16/h5,9H,3-4,6-7H2,1-2H3,(H,17,18)/t9-/m1/s1.